The van der Waals surface area contributed by atoms with Gasteiger partial charge in [-0.2, -0.15) is 0 Å². The van der Waals surface area contributed by atoms with E-state index in [1.54, 1.807) is 29.3 Å². The maximum atomic E-state index is 12.9. The fourth-order valence-electron chi connectivity index (χ4n) is 2.38. The molecular weight excluding hydrogens is 271 g/mol. The first kappa shape index (κ1) is 13.5. The second-order valence-electron chi connectivity index (χ2n) is 4.88. The molecule has 0 radical (unpaired) electrons. The lowest BCUT2D eigenvalue weighted by atomic mass is 10.0. The Morgan fingerprint density at radius 2 is 2.05 bits per heavy atom. The summed E-state index contributed by atoms with van der Waals surface area (Å²) in [7, 11) is 0. The smallest absolute Gasteiger partial charge is 0.228 e. The molecule has 0 aliphatic carbocycles. The number of halogens is 1. The average Bonchev–Trinajstić information content (AvgIpc) is 2.49. The van der Waals surface area contributed by atoms with Crippen molar-refractivity contribution in [2.45, 2.75) is 19.9 Å². The van der Waals surface area contributed by atoms with Gasteiger partial charge < -0.3 is 9.64 Å². The van der Waals surface area contributed by atoms with Crippen LogP contribution in [0.1, 0.15) is 18.2 Å². The monoisotopic (exact) mass is 286 g/mol. The molecule has 0 unspecified atom stereocenters. The Balaban J connectivity index is 1.92. The maximum Gasteiger partial charge on any atom is 0.228 e. The van der Waals surface area contributed by atoms with Gasteiger partial charge in [-0.1, -0.05) is 0 Å². The van der Waals surface area contributed by atoms with Crippen LogP contribution in [0.4, 0.5) is 4.39 Å². The van der Waals surface area contributed by atoms with Crippen LogP contribution in [0.2, 0.25) is 0 Å². The Hall–Kier alpha value is -2.43. The van der Waals surface area contributed by atoms with Gasteiger partial charge in [-0.15, -0.1) is 0 Å². The number of carbonyl (C=O) groups is 1. The van der Waals surface area contributed by atoms with E-state index >= 15 is 0 Å². The van der Waals surface area contributed by atoms with Crippen molar-refractivity contribution in [1.29, 1.82) is 0 Å². The summed E-state index contributed by atoms with van der Waals surface area (Å²) in [4.78, 5) is 17.9. The quantitative estimate of drug-likeness (QED) is 0.871. The lowest BCUT2D eigenvalue weighted by Crippen LogP contribution is -2.36. The number of likely N-dealkylation sites (N-methyl/N-ethyl adjacent to an activating group) is 1. The number of nitrogens with zero attached hydrogens (tertiary/aromatic N) is 2. The minimum Gasteiger partial charge on any atom is -0.457 e. The number of ether oxygens (including phenoxy) is 1. The molecule has 0 fully saturated rings. The third-order valence-corrected chi connectivity index (χ3v) is 3.55. The van der Waals surface area contributed by atoms with Crippen molar-refractivity contribution in [3.8, 4) is 11.5 Å². The van der Waals surface area contributed by atoms with Gasteiger partial charge in [0.15, 0.2) is 0 Å². The number of hydrogen-bond acceptors (Lipinski definition) is 3. The van der Waals surface area contributed by atoms with Gasteiger partial charge >= 0.3 is 0 Å². The molecule has 1 amide bonds. The van der Waals surface area contributed by atoms with Crippen molar-refractivity contribution in [1.82, 2.24) is 9.88 Å². The minimum absolute atomic E-state index is 0.0800. The Labute approximate surface area is 122 Å². The molecule has 0 bridgehead atoms. The first-order chi connectivity index (χ1) is 10.2. The molecule has 3 rings (SSSR count). The molecule has 2 aromatic rings. The molecule has 21 heavy (non-hydrogen) atoms. The molecule has 5 heteroatoms. The zero-order valence-corrected chi connectivity index (χ0v) is 11.7. The van der Waals surface area contributed by atoms with Gasteiger partial charge in [0.25, 0.3) is 0 Å². The standard InChI is InChI=1S/C16H15FN2O2/c1-2-19-10-13-14(9-16(19)20)18-8-7-15(13)21-12-5-3-11(17)4-6-12/h3-8H,2,9-10H2,1H3. The minimum atomic E-state index is -0.304. The van der Waals surface area contributed by atoms with Crippen molar-refractivity contribution in [3.05, 3.63) is 53.6 Å². The van der Waals surface area contributed by atoms with Crippen molar-refractivity contribution in [2.75, 3.05) is 6.54 Å². The number of hydrogen-bond donors (Lipinski definition) is 0. The molecule has 0 N–H and O–H groups in total. The first-order valence-electron chi connectivity index (χ1n) is 6.85. The molecule has 0 saturated carbocycles. The summed E-state index contributed by atoms with van der Waals surface area (Å²) < 4.78 is 18.7. The third kappa shape index (κ3) is 2.72. The molecule has 0 atom stereocenters. The summed E-state index contributed by atoms with van der Waals surface area (Å²) >= 11 is 0. The van der Waals surface area contributed by atoms with E-state index in [1.165, 1.54) is 12.1 Å². The second kappa shape index (κ2) is 5.52. The number of pyridine rings is 1. The second-order valence-corrected chi connectivity index (χ2v) is 4.88. The van der Waals surface area contributed by atoms with Gasteiger partial charge in [0, 0.05) is 18.3 Å². The molecule has 2 heterocycles. The molecule has 1 aliphatic heterocycles. The van der Waals surface area contributed by atoms with E-state index in [1.807, 2.05) is 6.92 Å². The summed E-state index contributed by atoms with van der Waals surface area (Å²) in [5.41, 5.74) is 1.67. The van der Waals surface area contributed by atoms with Crippen LogP contribution in [-0.2, 0) is 17.8 Å². The molecule has 1 aromatic carbocycles. The average molecular weight is 286 g/mol. The highest BCUT2D eigenvalue weighted by Gasteiger charge is 2.25. The van der Waals surface area contributed by atoms with Crippen LogP contribution in [0.3, 0.4) is 0 Å². The van der Waals surface area contributed by atoms with E-state index in [0.29, 0.717) is 31.0 Å². The van der Waals surface area contributed by atoms with Gasteiger partial charge in [0.05, 0.1) is 18.7 Å². The normalized spacial score (nSPS) is 14.0. The predicted octanol–water partition coefficient (Wildman–Crippen LogP) is 2.92. The molecule has 0 spiro atoms. The molecule has 0 saturated heterocycles. The van der Waals surface area contributed by atoms with Crippen molar-refractivity contribution in [3.63, 3.8) is 0 Å². The van der Waals surface area contributed by atoms with E-state index in [2.05, 4.69) is 4.98 Å². The summed E-state index contributed by atoms with van der Waals surface area (Å²) in [5, 5.41) is 0. The van der Waals surface area contributed by atoms with Crippen LogP contribution in [0.15, 0.2) is 36.5 Å². The van der Waals surface area contributed by atoms with Crippen molar-refractivity contribution in [2.24, 2.45) is 0 Å². The van der Waals surface area contributed by atoms with Crippen LogP contribution in [0, 0.1) is 5.82 Å². The third-order valence-electron chi connectivity index (χ3n) is 3.55. The Morgan fingerprint density at radius 1 is 1.29 bits per heavy atom. The molecule has 108 valence electrons. The van der Waals surface area contributed by atoms with Crippen LogP contribution in [0.5, 0.6) is 11.5 Å². The maximum absolute atomic E-state index is 12.9. The van der Waals surface area contributed by atoms with Crippen molar-refractivity contribution >= 4 is 5.91 Å². The van der Waals surface area contributed by atoms with E-state index in [0.717, 1.165) is 11.3 Å². The highest BCUT2D eigenvalue weighted by molar-refractivity contribution is 5.80. The van der Waals surface area contributed by atoms with E-state index < -0.39 is 0 Å². The van der Waals surface area contributed by atoms with Crippen molar-refractivity contribution < 1.29 is 13.9 Å². The van der Waals surface area contributed by atoms with Gasteiger partial charge in [0.1, 0.15) is 17.3 Å². The zero-order valence-electron chi connectivity index (χ0n) is 11.7. The molecule has 1 aliphatic rings. The highest BCUT2D eigenvalue weighted by atomic mass is 19.1. The first-order valence-corrected chi connectivity index (χ1v) is 6.85. The lowest BCUT2D eigenvalue weighted by molar-refractivity contribution is -0.131. The Kier molecular flexibility index (Phi) is 3.56. The topological polar surface area (TPSA) is 42.4 Å². The summed E-state index contributed by atoms with van der Waals surface area (Å²) in [6, 6.07) is 7.63. The number of fused-ring (bicyclic) bond motifs is 1. The van der Waals surface area contributed by atoms with Gasteiger partial charge in [-0.3, -0.25) is 9.78 Å². The van der Waals surface area contributed by atoms with E-state index in [9.17, 15) is 9.18 Å². The molecule has 4 nitrogen and oxygen atoms in total. The van der Waals surface area contributed by atoms with Crippen LogP contribution >= 0.6 is 0 Å². The SMILES string of the molecule is CCN1Cc2c(Oc3ccc(F)cc3)ccnc2CC1=O. The molecule has 1 aromatic heterocycles. The lowest BCUT2D eigenvalue weighted by Gasteiger charge is -2.28. The fourth-order valence-corrected chi connectivity index (χ4v) is 2.38. The number of aromatic nitrogens is 1. The van der Waals surface area contributed by atoms with E-state index in [-0.39, 0.29) is 11.7 Å². The number of amides is 1. The van der Waals surface area contributed by atoms with Crippen LogP contribution in [-0.4, -0.2) is 22.3 Å². The van der Waals surface area contributed by atoms with E-state index in [4.69, 9.17) is 4.74 Å². The highest BCUT2D eigenvalue weighted by Crippen LogP contribution is 2.30. The number of rotatable bonds is 3. The zero-order chi connectivity index (χ0) is 14.8. The summed E-state index contributed by atoms with van der Waals surface area (Å²) in [6.07, 6.45) is 1.93. The number of carbonyl (C=O) groups excluding carboxylic acids is 1. The van der Waals surface area contributed by atoms with Crippen LogP contribution < -0.4 is 4.74 Å². The predicted molar refractivity (Wildman–Crippen MR) is 75.5 cm³/mol. The largest absolute Gasteiger partial charge is 0.457 e. The van der Waals surface area contributed by atoms with Gasteiger partial charge in [-0.25, -0.2) is 4.39 Å². The molecular formula is C16H15FN2O2. The Bertz CT molecular complexity index is 670. The van der Waals surface area contributed by atoms with Gasteiger partial charge in [0.2, 0.25) is 5.91 Å². The summed E-state index contributed by atoms with van der Waals surface area (Å²) in [6.45, 7) is 3.10. The fraction of sp³-hybridized carbons (Fsp3) is 0.250. The van der Waals surface area contributed by atoms with Crippen LogP contribution in [0.25, 0.3) is 0 Å². The van der Waals surface area contributed by atoms with Gasteiger partial charge in [-0.05, 0) is 37.3 Å². The summed E-state index contributed by atoms with van der Waals surface area (Å²) in [5.74, 6) is 1.00. The number of benzene rings is 1. The Morgan fingerprint density at radius 3 is 2.76 bits per heavy atom.